The second kappa shape index (κ2) is 7.69. The highest BCUT2D eigenvalue weighted by Gasteiger charge is 2.30. The molecule has 8 heteroatoms. The third kappa shape index (κ3) is 3.74. The van der Waals surface area contributed by atoms with Gasteiger partial charge in [-0.15, -0.1) is 0 Å². The summed E-state index contributed by atoms with van der Waals surface area (Å²) in [5.74, 6) is -0.504. The van der Waals surface area contributed by atoms with Crippen LogP contribution in [0.1, 0.15) is 50.0 Å². The van der Waals surface area contributed by atoms with Gasteiger partial charge >= 0.3 is 0 Å². The molecule has 1 aliphatic rings. The molecule has 0 saturated carbocycles. The van der Waals surface area contributed by atoms with Crippen LogP contribution < -0.4 is 16.2 Å². The number of fused-ring (bicyclic) bond motifs is 1. The second-order valence-electron chi connectivity index (χ2n) is 6.64. The Hall–Kier alpha value is -3.03. The average molecular weight is 370 g/mol. The predicted octanol–water partition coefficient (Wildman–Crippen LogP) is 1.10. The van der Waals surface area contributed by atoms with Gasteiger partial charge in [-0.1, -0.05) is 19.1 Å². The van der Waals surface area contributed by atoms with Crippen molar-refractivity contribution in [3.8, 4) is 0 Å². The van der Waals surface area contributed by atoms with Gasteiger partial charge in [0.05, 0.1) is 10.9 Å². The van der Waals surface area contributed by atoms with Crippen LogP contribution in [0.4, 0.5) is 0 Å². The maximum absolute atomic E-state index is 13.2. The Morgan fingerprint density at radius 2 is 2.11 bits per heavy atom. The summed E-state index contributed by atoms with van der Waals surface area (Å²) in [6.07, 6.45) is 1.59. The number of aromatic nitrogens is 2. The van der Waals surface area contributed by atoms with Crippen LogP contribution in [0.3, 0.4) is 0 Å². The van der Waals surface area contributed by atoms with Gasteiger partial charge in [0.1, 0.15) is 11.9 Å². The number of nitrogens with one attached hydrogen (secondary N) is 2. The number of piperidine rings is 1. The van der Waals surface area contributed by atoms with E-state index in [2.05, 4.69) is 15.6 Å². The van der Waals surface area contributed by atoms with Crippen LogP contribution in [0.15, 0.2) is 23.0 Å². The maximum Gasteiger partial charge on any atom is 0.262 e. The molecule has 0 bridgehead atoms. The molecule has 0 radical (unpaired) electrons. The van der Waals surface area contributed by atoms with E-state index in [9.17, 15) is 19.2 Å². The summed E-state index contributed by atoms with van der Waals surface area (Å²) in [7, 11) is 0. The number of carbonyl (C=O) groups excluding carboxylic acids is 3. The lowest BCUT2D eigenvalue weighted by Crippen LogP contribution is -2.45. The maximum atomic E-state index is 13.2. The number of nitrogens with zero attached hydrogens (tertiary/aromatic N) is 2. The molecule has 3 rings (SSSR count). The van der Waals surface area contributed by atoms with Crippen molar-refractivity contribution in [2.45, 2.75) is 52.1 Å². The highest BCUT2D eigenvalue weighted by atomic mass is 16.2. The fourth-order valence-electron chi connectivity index (χ4n) is 3.37. The molecule has 1 aromatic carbocycles. The standard InChI is InChI=1S/C19H22N4O4/c1-3-5-15(24)20-10-12-6-4-7-13-17(12)19(27)23(11(2)21-13)14-8-9-16(25)22-18(14)26/h4,6-7,14H,3,5,8-10H2,1-2H3,(H,20,24)(H,22,25,26)/t14-/m1/s1. The molecular formula is C19H22N4O4. The smallest absolute Gasteiger partial charge is 0.262 e. The molecule has 2 aromatic rings. The SMILES string of the molecule is CCCC(=O)NCc1cccc2nc(C)n([C@@H]3CCC(=O)NC3=O)c(=O)c12. The average Bonchev–Trinajstić information content (AvgIpc) is 2.61. The van der Waals surface area contributed by atoms with E-state index in [-0.39, 0.29) is 36.8 Å². The van der Waals surface area contributed by atoms with Gasteiger partial charge in [-0.2, -0.15) is 0 Å². The van der Waals surface area contributed by atoms with Crippen LogP contribution in [-0.4, -0.2) is 27.3 Å². The number of hydrogen-bond donors (Lipinski definition) is 2. The zero-order valence-corrected chi connectivity index (χ0v) is 15.4. The Kier molecular flexibility index (Phi) is 5.34. The van der Waals surface area contributed by atoms with Crippen LogP contribution >= 0.6 is 0 Å². The van der Waals surface area contributed by atoms with E-state index in [4.69, 9.17) is 0 Å². The molecule has 1 fully saturated rings. The highest BCUT2D eigenvalue weighted by molar-refractivity contribution is 5.99. The van der Waals surface area contributed by atoms with Crippen LogP contribution in [0, 0.1) is 6.92 Å². The molecular weight excluding hydrogens is 348 g/mol. The van der Waals surface area contributed by atoms with Gasteiger partial charge in [0.25, 0.3) is 5.56 Å². The van der Waals surface area contributed by atoms with Crippen molar-refractivity contribution in [1.82, 2.24) is 20.2 Å². The van der Waals surface area contributed by atoms with E-state index in [0.29, 0.717) is 28.7 Å². The summed E-state index contributed by atoms with van der Waals surface area (Å²) in [5, 5.41) is 5.46. The van der Waals surface area contributed by atoms with Gasteiger partial charge < -0.3 is 5.32 Å². The van der Waals surface area contributed by atoms with Gasteiger partial charge in [-0.25, -0.2) is 4.98 Å². The lowest BCUT2D eigenvalue weighted by atomic mass is 10.0. The van der Waals surface area contributed by atoms with Gasteiger partial charge in [0, 0.05) is 19.4 Å². The molecule has 2 heterocycles. The first kappa shape index (κ1) is 18.8. The van der Waals surface area contributed by atoms with Gasteiger partial charge in [-0.3, -0.25) is 29.1 Å². The summed E-state index contributed by atoms with van der Waals surface area (Å²) < 4.78 is 1.35. The first-order valence-electron chi connectivity index (χ1n) is 9.03. The molecule has 0 unspecified atom stereocenters. The normalized spacial score (nSPS) is 17.0. The van der Waals surface area contributed by atoms with Crippen molar-refractivity contribution < 1.29 is 14.4 Å². The van der Waals surface area contributed by atoms with Crippen molar-refractivity contribution in [1.29, 1.82) is 0 Å². The van der Waals surface area contributed by atoms with Crippen LogP contribution in [0.25, 0.3) is 10.9 Å². The van der Waals surface area contributed by atoms with Crippen LogP contribution in [-0.2, 0) is 20.9 Å². The number of hydrogen-bond acceptors (Lipinski definition) is 5. The molecule has 1 saturated heterocycles. The van der Waals surface area contributed by atoms with Crippen molar-refractivity contribution in [3.05, 3.63) is 39.9 Å². The molecule has 2 N–H and O–H groups in total. The van der Waals surface area contributed by atoms with E-state index in [1.807, 2.05) is 6.92 Å². The zero-order valence-electron chi connectivity index (χ0n) is 15.4. The first-order valence-corrected chi connectivity index (χ1v) is 9.03. The second-order valence-corrected chi connectivity index (χ2v) is 6.64. The fourth-order valence-corrected chi connectivity index (χ4v) is 3.37. The molecule has 1 aromatic heterocycles. The minimum Gasteiger partial charge on any atom is -0.352 e. The zero-order chi connectivity index (χ0) is 19.6. The largest absolute Gasteiger partial charge is 0.352 e. The Morgan fingerprint density at radius 3 is 2.81 bits per heavy atom. The Bertz CT molecular complexity index is 980. The minimum atomic E-state index is -0.769. The third-order valence-electron chi connectivity index (χ3n) is 4.67. The highest BCUT2D eigenvalue weighted by Crippen LogP contribution is 2.21. The summed E-state index contributed by atoms with van der Waals surface area (Å²) in [6, 6.07) is 4.51. The Morgan fingerprint density at radius 1 is 1.33 bits per heavy atom. The fraction of sp³-hybridized carbons (Fsp3) is 0.421. The van der Waals surface area contributed by atoms with Crippen LogP contribution in [0.2, 0.25) is 0 Å². The topological polar surface area (TPSA) is 110 Å². The molecule has 1 atom stereocenters. The molecule has 142 valence electrons. The molecule has 27 heavy (non-hydrogen) atoms. The van der Waals surface area contributed by atoms with Gasteiger partial charge in [-0.05, 0) is 31.4 Å². The minimum absolute atomic E-state index is 0.0833. The lowest BCUT2D eigenvalue weighted by molar-refractivity contribution is -0.135. The van der Waals surface area contributed by atoms with E-state index in [1.54, 1.807) is 25.1 Å². The molecule has 8 nitrogen and oxygen atoms in total. The number of amides is 3. The third-order valence-corrected chi connectivity index (χ3v) is 4.67. The van der Waals surface area contributed by atoms with E-state index in [1.165, 1.54) is 4.57 Å². The number of benzene rings is 1. The first-order chi connectivity index (χ1) is 12.9. The van der Waals surface area contributed by atoms with Crippen molar-refractivity contribution in [2.24, 2.45) is 0 Å². The van der Waals surface area contributed by atoms with E-state index in [0.717, 1.165) is 6.42 Å². The monoisotopic (exact) mass is 370 g/mol. The summed E-state index contributed by atoms with van der Waals surface area (Å²) in [5.41, 5.74) is 0.825. The summed E-state index contributed by atoms with van der Waals surface area (Å²) in [6.45, 7) is 3.80. The van der Waals surface area contributed by atoms with E-state index >= 15 is 0 Å². The molecule has 0 aliphatic carbocycles. The van der Waals surface area contributed by atoms with Crippen molar-refractivity contribution in [2.75, 3.05) is 0 Å². The van der Waals surface area contributed by atoms with Crippen molar-refractivity contribution in [3.63, 3.8) is 0 Å². The predicted molar refractivity (Wildman–Crippen MR) is 98.9 cm³/mol. The Balaban J connectivity index is 2.05. The quantitative estimate of drug-likeness (QED) is 0.766. The van der Waals surface area contributed by atoms with Gasteiger partial charge in [0.15, 0.2) is 0 Å². The van der Waals surface area contributed by atoms with Gasteiger partial charge in [0.2, 0.25) is 17.7 Å². The van der Waals surface area contributed by atoms with Crippen molar-refractivity contribution >= 4 is 28.6 Å². The number of aryl methyl sites for hydroxylation is 1. The summed E-state index contributed by atoms with van der Waals surface area (Å²) in [4.78, 5) is 53.1. The molecule has 1 aliphatic heterocycles. The number of imide groups is 1. The lowest BCUT2D eigenvalue weighted by Gasteiger charge is -2.24. The Labute approximate surface area is 156 Å². The molecule has 3 amide bonds. The molecule has 0 spiro atoms. The number of rotatable bonds is 5. The van der Waals surface area contributed by atoms with E-state index < -0.39 is 11.9 Å². The van der Waals surface area contributed by atoms with Crippen LogP contribution in [0.5, 0.6) is 0 Å². The number of carbonyl (C=O) groups is 3. The summed E-state index contributed by atoms with van der Waals surface area (Å²) >= 11 is 0.